The number of thioether (sulfide) groups is 1. The fraction of sp³-hybridized carbons (Fsp3) is 0.440. The number of rotatable bonds is 12. The van der Waals surface area contributed by atoms with E-state index in [1.54, 1.807) is 18.1 Å². The lowest BCUT2D eigenvalue weighted by molar-refractivity contribution is -0.139. The van der Waals surface area contributed by atoms with Crippen LogP contribution in [0.15, 0.2) is 42.5 Å². The van der Waals surface area contributed by atoms with Gasteiger partial charge in [0.25, 0.3) is 0 Å². The van der Waals surface area contributed by atoms with Crippen LogP contribution in [0.2, 0.25) is 10.0 Å². The Kier molecular flexibility index (Phi) is 11.4. The van der Waals surface area contributed by atoms with Crippen molar-refractivity contribution < 1.29 is 14.3 Å². The van der Waals surface area contributed by atoms with Gasteiger partial charge in [-0.3, -0.25) is 9.59 Å². The maximum absolute atomic E-state index is 13.3. The normalized spacial score (nSPS) is 11.8. The lowest BCUT2D eigenvalue weighted by atomic mass is 10.1. The standard InChI is InChI=1S/C25H32Cl2N2O3S/c1-5-23(25(31)28-13-17(2)3)29(14-18-6-9-20(32-4)10-7-18)24(30)16-33-15-19-8-11-21(26)22(27)12-19/h6-12,17,23H,5,13-16H2,1-4H3,(H,28,31)/t23-/m0/s1. The Bertz CT molecular complexity index is 922. The number of benzene rings is 2. The van der Waals surface area contributed by atoms with Crippen molar-refractivity contribution in [1.82, 2.24) is 10.2 Å². The Morgan fingerprint density at radius 2 is 1.73 bits per heavy atom. The van der Waals surface area contributed by atoms with Crippen molar-refractivity contribution in [2.75, 3.05) is 19.4 Å². The SMILES string of the molecule is CC[C@@H](C(=O)NCC(C)C)N(Cc1ccc(OC)cc1)C(=O)CSCc1ccc(Cl)c(Cl)c1. The molecule has 0 fully saturated rings. The van der Waals surface area contributed by atoms with Crippen LogP contribution in [-0.2, 0) is 21.9 Å². The van der Waals surface area contributed by atoms with Crippen LogP contribution in [0.25, 0.3) is 0 Å². The van der Waals surface area contributed by atoms with E-state index in [9.17, 15) is 9.59 Å². The molecule has 1 atom stereocenters. The molecule has 0 unspecified atom stereocenters. The van der Waals surface area contributed by atoms with Crippen molar-refractivity contribution in [3.8, 4) is 5.75 Å². The minimum Gasteiger partial charge on any atom is -0.497 e. The highest BCUT2D eigenvalue weighted by Gasteiger charge is 2.28. The second-order valence-electron chi connectivity index (χ2n) is 8.17. The van der Waals surface area contributed by atoms with Gasteiger partial charge in [-0.25, -0.2) is 0 Å². The average Bonchev–Trinajstić information content (AvgIpc) is 2.80. The smallest absolute Gasteiger partial charge is 0.242 e. The van der Waals surface area contributed by atoms with E-state index >= 15 is 0 Å². The highest BCUT2D eigenvalue weighted by Crippen LogP contribution is 2.25. The molecule has 0 bridgehead atoms. The number of halogens is 2. The maximum atomic E-state index is 13.3. The van der Waals surface area contributed by atoms with E-state index in [1.807, 2.05) is 57.2 Å². The van der Waals surface area contributed by atoms with Gasteiger partial charge in [0.15, 0.2) is 0 Å². The highest BCUT2D eigenvalue weighted by molar-refractivity contribution is 7.99. The van der Waals surface area contributed by atoms with Gasteiger partial charge in [-0.2, -0.15) is 0 Å². The summed E-state index contributed by atoms with van der Waals surface area (Å²) in [5.74, 6) is 1.75. The molecule has 0 aliphatic carbocycles. The van der Waals surface area contributed by atoms with E-state index in [0.29, 0.717) is 41.2 Å². The molecular weight excluding hydrogens is 479 g/mol. The summed E-state index contributed by atoms with van der Waals surface area (Å²) in [4.78, 5) is 27.9. The van der Waals surface area contributed by atoms with E-state index in [0.717, 1.165) is 16.9 Å². The Morgan fingerprint density at radius 1 is 1.06 bits per heavy atom. The zero-order chi connectivity index (χ0) is 24.4. The summed E-state index contributed by atoms with van der Waals surface area (Å²) in [5.41, 5.74) is 1.93. The minimum absolute atomic E-state index is 0.0811. The van der Waals surface area contributed by atoms with Crippen molar-refractivity contribution in [2.45, 2.75) is 45.5 Å². The molecule has 0 spiro atoms. The maximum Gasteiger partial charge on any atom is 0.242 e. The highest BCUT2D eigenvalue weighted by atomic mass is 35.5. The summed E-state index contributed by atoms with van der Waals surface area (Å²) in [6.07, 6.45) is 0.531. The van der Waals surface area contributed by atoms with Gasteiger partial charge in [0, 0.05) is 18.8 Å². The van der Waals surface area contributed by atoms with Crippen LogP contribution in [0.1, 0.15) is 38.3 Å². The number of hydrogen-bond donors (Lipinski definition) is 1. The molecule has 2 aromatic rings. The first-order chi connectivity index (χ1) is 15.7. The monoisotopic (exact) mass is 510 g/mol. The summed E-state index contributed by atoms with van der Waals surface area (Å²) in [6.45, 7) is 6.94. The predicted molar refractivity (Wildman–Crippen MR) is 138 cm³/mol. The molecule has 2 aromatic carbocycles. The van der Waals surface area contributed by atoms with Crippen molar-refractivity contribution in [3.63, 3.8) is 0 Å². The molecule has 5 nitrogen and oxygen atoms in total. The van der Waals surface area contributed by atoms with Gasteiger partial charge in [-0.05, 0) is 47.7 Å². The van der Waals surface area contributed by atoms with E-state index in [-0.39, 0.29) is 17.6 Å². The summed E-state index contributed by atoms with van der Waals surface area (Å²) >= 11 is 13.6. The molecule has 0 aromatic heterocycles. The van der Waals surface area contributed by atoms with Crippen molar-refractivity contribution in [1.29, 1.82) is 0 Å². The molecule has 0 saturated carbocycles. The molecule has 0 radical (unpaired) electrons. The van der Waals surface area contributed by atoms with E-state index in [2.05, 4.69) is 5.32 Å². The zero-order valence-corrected chi connectivity index (χ0v) is 21.9. The first-order valence-corrected chi connectivity index (χ1v) is 12.9. The first kappa shape index (κ1) is 27.4. The topological polar surface area (TPSA) is 58.6 Å². The quantitative estimate of drug-likeness (QED) is 0.391. The van der Waals surface area contributed by atoms with Gasteiger partial charge in [-0.1, -0.05) is 62.2 Å². The summed E-state index contributed by atoms with van der Waals surface area (Å²) < 4.78 is 5.23. The fourth-order valence-electron chi connectivity index (χ4n) is 3.24. The van der Waals surface area contributed by atoms with Crippen LogP contribution in [0.5, 0.6) is 5.75 Å². The number of amides is 2. The number of ether oxygens (including phenoxy) is 1. The van der Waals surface area contributed by atoms with Gasteiger partial charge in [0.2, 0.25) is 11.8 Å². The Labute approximate surface area is 211 Å². The van der Waals surface area contributed by atoms with Crippen LogP contribution in [0.3, 0.4) is 0 Å². The van der Waals surface area contributed by atoms with Crippen LogP contribution in [0.4, 0.5) is 0 Å². The van der Waals surface area contributed by atoms with Gasteiger partial charge in [-0.15, -0.1) is 11.8 Å². The van der Waals surface area contributed by atoms with E-state index < -0.39 is 6.04 Å². The van der Waals surface area contributed by atoms with E-state index in [4.69, 9.17) is 27.9 Å². The number of nitrogens with one attached hydrogen (secondary N) is 1. The fourth-order valence-corrected chi connectivity index (χ4v) is 4.42. The van der Waals surface area contributed by atoms with Crippen molar-refractivity contribution in [3.05, 3.63) is 63.6 Å². The summed E-state index contributed by atoms with van der Waals surface area (Å²) in [7, 11) is 1.61. The second kappa shape index (κ2) is 13.7. The number of nitrogens with zero attached hydrogens (tertiary/aromatic N) is 1. The molecule has 33 heavy (non-hydrogen) atoms. The molecule has 0 aliphatic heterocycles. The third kappa shape index (κ3) is 8.76. The molecule has 2 amide bonds. The zero-order valence-electron chi connectivity index (χ0n) is 19.6. The molecule has 180 valence electrons. The van der Waals surface area contributed by atoms with Crippen LogP contribution < -0.4 is 10.1 Å². The van der Waals surface area contributed by atoms with Crippen LogP contribution in [-0.4, -0.2) is 42.2 Å². The molecule has 0 aliphatic rings. The third-order valence-corrected chi connectivity index (χ3v) is 6.79. The second-order valence-corrected chi connectivity index (χ2v) is 9.97. The molecular formula is C25H32Cl2N2O3S. The number of carbonyl (C=O) groups is 2. The molecule has 1 N–H and O–H groups in total. The number of carbonyl (C=O) groups excluding carboxylic acids is 2. The Balaban J connectivity index is 2.13. The average molecular weight is 512 g/mol. The molecule has 0 saturated heterocycles. The van der Waals surface area contributed by atoms with Gasteiger partial charge in [0.05, 0.1) is 22.9 Å². The van der Waals surface area contributed by atoms with Crippen molar-refractivity contribution in [2.24, 2.45) is 5.92 Å². The number of methoxy groups -OCH3 is 1. The Hall–Kier alpha value is -1.89. The van der Waals surface area contributed by atoms with E-state index in [1.165, 1.54) is 11.8 Å². The van der Waals surface area contributed by atoms with Gasteiger partial charge < -0.3 is 15.0 Å². The lowest BCUT2D eigenvalue weighted by Gasteiger charge is -2.31. The lowest BCUT2D eigenvalue weighted by Crippen LogP contribution is -2.50. The largest absolute Gasteiger partial charge is 0.497 e. The van der Waals surface area contributed by atoms with Gasteiger partial charge in [0.1, 0.15) is 11.8 Å². The summed E-state index contributed by atoms with van der Waals surface area (Å²) in [6, 6.07) is 12.5. The third-order valence-electron chi connectivity index (χ3n) is 5.06. The van der Waals surface area contributed by atoms with Gasteiger partial charge >= 0.3 is 0 Å². The van der Waals surface area contributed by atoms with Crippen molar-refractivity contribution >= 4 is 46.8 Å². The molecule has 2 rings (SSSR count). The number of hydrogen-bond acceptors (Lipinski definition) is 4. The molecule has 0 heterocycles. The Morgan fingerprint density at radius 3 is 2.30 bits per heavy atom. The predicted octanol–water partition coefficient (Wildman–Crippen LogP) is 5.81. The van der Waals surface area contributed by atoms with Crippen LogP contribution >= 0.6 is 35.0 Å². The minimum atomic E-state index is -0.538. The molecule has 8 heteroatoms. The van der Waals surface area contributed by atoms with Crippen LogP contribution in [0, 0.1) is 5.92 Å². The summed E-state index contributed by atoms with van der Waals surface area (Å²) in [5, 5.41) is 3.98. The first-order valence-electron chi connectivity index (χ1n) is 11.0.